The second kappa shape index (κ2) is 6.57. The normalized spacial score (nSPS) is 22.4. The minimum Gasteiger partial charge on any atom is -0.492 e. The molecule has 3 heterocycles. The Morgan fingerprint density at radius 1 is 1.28 bits per heavy atom. The van der Waals surface area contributed by atoms with E-state index in [-0.39, 0.29) is 18.0 Å². The van der Waals surface area contributed by atoms with Gasteiger partial charge in [0.2, 0.25) is 10.8 Å². The molecule has 4 rings (SSSR count). The van der Waals surface area contributed by atoms with Crippen LogP contribution >= 0.6 is 22.9 Å². The molecule has 3 N–H and O–H groups in total. The van der Waals surface area contributed by atoms with Gasteiger partial charge >= 0.3 is 0 Å². The van der Waals surface area contributed by atoms with E-state index in [9.17, 15) is 10.2 Å². The average molecular weight is 380 g/mol. The van der Waals surface area contributed by atoms with Gasteiger partial charge in [0.25, 0.3) is 0 Å². The third-order valence-electron chi connectivity index (χ3n) is 4.78. The minimum atomic E-state index is -0.229. The summed E-state index contributed by atoms with van der Waals surface area (Å²) < 4.78 is 1.51. The average Bonchev–Trinajstić information content (AvgIpc) is 3.09. The molecular weight excluding hydrogens is 360 g/mol. The summed E-state index contributed by atoms with van der Waals surface area (Å²) in [6, 6.07) is 7.73. The summed E-state index contributed by atoms with van der Waals surface area (Å²) in [5, 5.41) is 25.6. The smallest absolute Gasteiger partial charge is 0.235 e. The predicted octanol–water partition coefficient (Wildman–Crippen LogP) is 1.59. The number of nitrogens with zero attached hydrogens (tertiary/aromatic N) is 3. The number of aromatic nitrogens is 3. The van der Waals surface area contributed by atoms with Crippen LogP contribution in [0.4, 0.5) is 0 Å². The van der Waals surface area contributed by atoms with Crippen LogP contribution in [0.2, 0.25) is 5.02 Å². The molecule has 0 amide bonds. The van der Waals surface area contributed by atoms with E-state index >= 15 is 0 Å². The van der Waals surface area contributed by atoms with E-state index in [2.05, 4.69) is 10.1 Å². The molecule has 1 fully saturated rings. The summed E-state index contributed by atoms with van der Waals surface area (Å²) in [4.78, 5) is 7.25. The van der Waals surface area contributed by atoms with Crippen LogP contribution in [0.1, 0.15) is 35.1 Å². The molecule has 25 heavy (non-hydrogen) atoms. The largest absolute Gasteiger partial charge is 0.492 e. The lowest BCUT2D eigenvalue weighted by Crippen LogP contribution is -3.13. The first-order valence-corrected chi connectivity index (χ1v) is 9.55. The number of rotatable bonds is 3. The van der Waals surface area contributed by atoms with E-state index in [1.165, 1.54) is 20.8 Å². The van der Waals surface area contributed by atoms with E-state index in [0.717, 1.165) is 36.4 Å². The molecule has 0 aliphatic carbocycles. The first-order valence-electron chi connectivity index (χ1n) is 8.36. The van der Waals surface area contributed by atoms with Crippen LogP contribution in [-0.4, -0.2) is 44.0 Å². The van der Waals surface area contributed by atoms with Gasteiger partial charge in [0.05, 0.1) is 19.2 Å². The van der Waals surface area contributed by atoms with Crippen molar-refractivity contribution in [2.24, 2.45) is 0 Å². The van der Waals surface area contributed by atoms with Gasteiger partial charge < -0.3 is 15.1 Å². The van der Waals surface area contributed by atoms with Gasteiger partial charge in [-0.15, -0.1) is 5.10 Å². The zero-order chi connectivity index (χ0) is 17.6. The minimum absolute atomic E-state index is 0.0291. The summed E-state index contributed by atoms with van der Waals surface area (Å²) in [5.74, 6) is 0.795. The topological polar surface area (TPSA) is 75.1 Å². The molecule has 0 bridgehead atoms. The van der Waals surface area contributed by atoms with Crippen molar-refractivity contribution in [3.05, 3.63) is 45.6 Å². The van der Waals surface area contributed by atoms with Crippen LogP contribution in [0.15, 0.2) is 24.3 Å². The number of nitrogens with one attached hydrogen (secondary N) is 1. The van der Waals surface area contributed by atoms with Gasteiger partial charge in [-0.1, -0.05) is 35.1 Å². The predicted molar refractivity (Wildman–Crippen MR) is 96.5 cm³/mol. The lowest BCUT2D eigenvalue weighted by molar-refractivity contribution is -0.931. The fourth-order valence-electron chi connectivity index (χ4n) is 3.53. The summed E-state index contributed by atoms with van der Waals surface area (Å²) in [6.07, 6.45) is 1.30. The van der Waals surface area contributed by atoms with Crippen LogP contribution in [0.25, 0.3) is 4.96 Å². The van der Waals surface area contributed by atoms with Crippen molar-refractivity contribution in [1.29, 1.82) is 0 Å². The molecule has 6 nitrogen and oxygen atoms in total. The maximum atomic E-state index is 10.8. The molecule has 0 unspecified atom stereocenters. The number of halogens is 1. The molecule has 8 heteroatoms. The van der Waals surface area contributed by atoms with Crippen molar-refractivity contribution >= 4 is 27.9 Å². The van der Waals surface area contributed by atoms with Crippen molar-refractivity contribution in [3.8, 4) is 5.88 Å². The van der Waals surface area contributed by atoms with E-state index in [1.54, 1.807) is 0 Å². The molecular formula is C17H20ClN4O2S+. The third-order valence-corrected chi connectivity index (χ3v) is 6.11. The molecule has 3 aromatic rings. The molecule has 1 aliphatic rings. The quantitative estimate of drug-likeness (QED) is 0.646. The maximum absolute atomic E-state index is 10.8. The second-order valence-electron chi connectivity index (χ2n) is 6.52. The first-order chi connectivity index (χ1) is 12.0. The third kappa shape index (κ3) is 3.13. The molecule has 1 aliphatic heterocycles. The number of thiazole rings is 1. The van der Waals surface area contributed by atoms with Gasteiger partial charge in [0.15, 0.2) is 6.04 Å². The van der Waals surface area contributed by atoms with Crippen LogP contribution in [0.5, 0.6) is 5.88 Å². The van der Waals surface area contributed by atoms with Gasteiger partial charge in [0, 0.05) is 23.4 Å². The number of aliphatic hydroxyl groups excluding tert-OH is 1. The molecule has 132 valence electrons. The fourth-order valence-corrected chi connectivity index (χ4v) is 4.84. The number of benzene rings is 1. The lowest BCUT2D eigenvalue weighted by Gasteiger charge is -2.33. The van der Waals surface area contributed by atoms with Crippen molar-refractivity contribution in [2.45, 2.75) is 31.9 Å². The van der Waals surface area contributed by atoms with Crippen molar-refractivity contribution in [2.75, 3.05) is 13.1 Å². The Kier molecular flexibility index (Phi) is 4.41. The van der Waals surface area contributed by atoms with Crippen molar-refractivity contribution < 1.29 is 15.1 Å². The second-order valence-corrected chi connectivity index (χ2v) is 7.96. The van der Waals surface area contributed by atoms with E-state index in [1.807, 2.05) is 31.2 Å². The maximum Gasteiger partial charge on any atom is 0.235 e. The highest BCUT2D eigenvalue weighted by Gasteiger charge is 2.35. The summed E-state index contributed by atoms with van der Waals surface area (Å²) in [5.41, 5.74) is 1.09. The Hall–Kier alpha value is -1.67. The molecule has 0 radical (unpaired) electrons. The molecule has 1 aromatic carbocycles. The number of hydrogen-bond acceptors (Lipinski definition) is 5. The molecule has 0 spiro atoms. The molecule has 1 saturated heterocycles. The molecule has 1 atom stereocenters. The van der Waals surface area contributed by atoms with Crippen LogP contribution < -0.4 is 4.90 Å². The number of quaternary nitrogens is 1. The van der Waals surface area contributed by atoms with Gasteiger partial charge in [-0.25, -0.2) is 4.98 Å². The summed E-state index contributed by atoms with van der Waals surface area (Å²) in [7, 11) is 0. The lowest BCUT2D eigenvalue weighted by atomic mass is 9.99. The fraction of sp³-hybridized carbons (Fsp3) is 0.412. The van der Waals surface area contributed by atoms with Crippen LogP contribution in [0.3, 0.4) is 0 Å². The van der Waals surface area contributed by atoms with E-state index in [4.69, 9.17) is 11.6 Å². The van der Waals surface area contributed by atoms with Crippen LogP contribution in [0, 0.1) is 6.92 Å². The Morgan fingerprint density at radius 3 is 2.60 bits per heavy atom. The number of fused-ring (bicyclic) bond motifs is 1. The first kappa shape index (κ1) is 16.8. The van der Waals surface area contributed by atoms with Gasteiger partial charge in [0.1, 0.15) is 10.7 Å². The summed E-state index contributed by atoms with van der Waals surface area (Å²) >= 11 is 7.52. The zero-order valence-corrected chi connectivity index (χ0v) is 15.4. The number of aromatic hydroxyl groups is 1. The van der Waals surface area contributed by atoms with Gasteiger partial charge in [-0.05, 0) is 19.1 Å². The SMILES string of the molecule is Cc1nc2sc([C@@H](c3ccc(Cl)cc3)[NH+]3CCC(O)CC3)c(O)n2n1. The molecule has 0 saturated carbocycles. The number of piperidine rings is 1. The Bertz CT molecular complexity index is 884. The zero-order valence-electron chi connectivity index (χ0n) is 13.8. The van der Waals surface area contributed by atoms with E-state index in [0.29, 0.717) is 15.8 Å². The van der Waals surface area contributed by atoms with Crippen molar-refractivity contribution in [1.82, 2.24) is 14.6 Å². The van der Waals surface area contributed by atoms with Crippen LogP contribution in [-0.2, 0) is 0 Å². The number of aliphatic hydroxyl groups is 1. The molecule has 2 aromatic heterocycles. The van der Waals surface area contributed by atoms with E-state index < -0.39 is 0 Å². The van der Waals surface area contributed by atoms with Gasteiger partial charge in [-0.3, -0.25) is 0 Å². The highest BCUT2D eigenvalue weighted by molar-refractivity contribution is 7.17. The Balaban J connectivity index is 1.79. The standard InChI is InChI=1S/C17H19ClN4O2S/c1-10-19-17-22(20-10)16(24)15(25-17)14(11-2-4-12(18)5-3-11)21-8-6-13(23)7-9-21/h2-5,13-14,23-24H,6-9H2,1H3/p+1/t14-/m1/s1. The monoisotopic (exact) mass is 379 g/mol. The highest BCUT2D eigenvalue weighted by atomic mass is 35.5. The Morgan fingerprint density at radius 2 is 1.96 bits per heavy atom. The number of hydrogen-bond donors (Lipinski definition) is 3. The Labute approximate surface area is 154 Å². The van der Waals surface area contributed by atoms with Gasteiger partial charge in [-0.2, -0.15) is 4.52 Å². The highest BCUT2D eigenvalue weighted by Crippen LogP contribution is 2.35. The number of aryl methyl sites for hydroxylation is 1. The van der Waals surface area contributed by atoms with Crippen molar-refractivity contribution in [3.63, 3.8) is 0 Å². The number of likely N-dealkylation sites (tertiary alicyclic amines) is 1. The summed E-state index contributed by atoms with van der Waals surface area (Å²) in [6.45, 7) is 3.51.